The maximum atomic E-state index is 12.8. The highest BCUT2D eigenvalue weighted by molar-refractivity contribution is 7.61. The number of ether oxygens (including phenoxy) is 3. The van der Waals surface area contributed by atoms with Crippen molar-refractivity contribution in [3.8, 4) is 0 Å². The second-order valence-electron chi connectivity index (χ2n) is 17.0. The van der Waals surface area contributed by atoms with E-state index in [0.29, 0.717) is 19.3 Å². The molecule has 0 radical (unpaired) electrons. The molecule has 0 aliphatic carbocycles. The second kappa shape index (κ2) is 36.6. The maximum Gasteiger partial charge on any atom is 0.481 e. The Morgan fingerprint density at radius 1 is 0.706 bits per heavy atom. The number of nitrogens with two attached hydrogens (primary N) is 1. The number of nitrogens with zero attached hydrogens (tertiary/aromatic N) is 2. The van der Waals surface area contributed by atoms with Gasteiger partial charge in [-0.05, 0) is 57.4 Å². The molecule has 1 saturated heterocycles. The summed E-state index contributed by atoms with van der Waals surface area (Å²) < 4.78 is 56.6. The van der Waals surface area contributed by atoms with E-state index in [2.05, 4.69) is 59.6 Å². The van der Waals surface area contributed by atoms with E-state index in [1.165, 1.54) is 76.7 Å². The fourth-order valence-electron chi connectivity index (χ4n) is 7.07. The lowest BCUT2D eigenvalue weighted by molar-refractivity contribution is -0.161. The fraction of sp³-hybridized carbons (Fsp3) is 0.708. The summed E-state index contributed by atoms with van der Waals surface area (Å²) >= 11 is 0. The van der Waals surface area contributed by atoms with Crippen LogP contribution in [0.15, 0.2) is 65.7 Å². The molecule has 2 heterocycles. The van der Waals surface area contributed by atoms with Crippen molar-refractivity contribution in [2.75, 3.05) is 25.6 Å². The van der Waals surface area contributed by atoms with E-state index in [9.17, 15) is 43.5 Å². The van der Waals surface area contributed by atoms with Gasteiger partial charge in [-0.1, -0.05) is 152 Å². The molecule has 1 aromatic heterocycles. The van der Waals surface area contributed by atoms with Crippen LogP contribution in [0.1, 0.15) is 174 Å². The van der Waals surface area contributed by atoms with Gasteiger partial charge < -0.3 is 39.9 Å². The molecular weight excluding hydrogens is 920 g/mol. The summed E-state index contributed by atoms with van der Waals surface area (Å²) in [6.45, 7) is 2.07. The number of anilines is 1. The molecule has 1 aromatic rings. The van der Waals surface area contributed by atoms with Gasteiger partial charge in [-0.25, -0.2) is 13.9 Å². The van der Waals surface area contributed by atoms with Crippen molar-refractivity contribution in [2.45, 2.75) is 199 Å². The quantitative estimate of drug-likeness (QED) is 0.0177. The molecule has 7 atom stereocenters. The summed E-state index contributed by atoms with van der Waals surface area (Å²) in [5.41, 5.74) is 4.58. The first-order valence-electron chi connectivity index (χ1n) is 24.6. The van der Waals surface area contributed by atoms with E-state index < -0.39 is 83.7 Å². The van der Waals surface area contributed by atoms with E-state index in [4.69, 9.17) is 29.0 Å². The number of unbranched alkanes of at least 4 members (excludes halogenated alkanes) is 16. The highest BCUT2D eigenvalue weighted by Gasteiger charge is 2.46. The molecule has 6 N–H and O–H groups in total. The summed E-state index contributed by atoms with van der Waals surface area (Å²) in [5, 5.41) is 20.9. The molecule has 0 aromatic carbocycles. The van der Waals surface area contributed by atoms with Crippen LogP contribution in [-0.2, 0) is 46.3 Å². The minimum absolute atomic E-state index is 0.0253. The van der Waals surface area contributed by atoms with Gasteiger partial charge in [0.15, 0.2) is 12.3 Å². The van der Waals surface area contributed by atoms with Gasteiger partial charge >= 0.3 is 33.3 Å². The Morgan fingerprint density at radius 3 is 1.78 bits per heavy atom. The number of nitrogen functional groups attached to an aromatic ring is 1. The Balaban J connectivity index is 1.84. The molecule has 0 bridgehead atoms. The Hall–Kier alpha value is -3.28. The number of aliphatic hydroxyl groups is 2. The van der Waals surface area contributed by atoms with Crippen molar-refractivity contribution >= 4 is 33.4 Å². The minimum Gasteiger partial charge on any atom is -0.462 e. The molecule has 68 heavy (non-hydrogen) atoms. The van der Waals surface area contributed by atoms with Crippen LogP contribution in [0.5, 0.6) is 0 Å². The van der Waals surface area contributed by atoms with Crippen molar-refractivity contribution in [1.82, 2.24) is 9.55 Å². The lowest BCUT2D eigenvalue weighted by Crippen LogP contribution is -2.36. The number of carbonyl (C=O) groups excluding carboxylic acids is 2. The van der Waals surface area contributed by atoms with Crippen LogP contribution in [0.2, 0.25) is 0 Å². The molecule has 388 valence electrons. The Bertz CT molecular complexity index is 1820. The van der Waals surface area contributed by atoms with Crippen LogP contribution in [0.4, 0.5) is 5.82 Å². The molecule has 0 saturated carbocycles. The fourth-order valence-corrected chi connectivity index (χ4v) is 9.18. The first-order chi connectivity index (χ1) is 32.7. The number of esters is 2. The normalized spacial score (nSPS) is 19.9. The van der Waals surface area contributed by atoms with Crippen molar-refractivity contribution in [3.05, 3.63) is 71.4 Å². The van der Waals surface area contributed by atoms with Gasteiger partial charge in [0.1, 0.15) is 30.7 Å². The van der Waals surface area contributed by atoms with E-state index in [1.54, 1.807) is 0 Å². The van der Waals surface area contributed by atoms with Gasteiger partial charge in [-0.3, -0.25) is 23.2 Å². The van der Waals surface area contributed by atoms with Crippen molar-refractivity contribution in [1.29, 1.82) is 0 Å². The number of allylic oxidation sites excluding steroid dienone is 8. The zero-order chi connectivity index (χ0) is 49.9. The molecule has 18 nitrogen and oxygen atoms in total. The zero-order valence-corrected chi connectivity index (χ0v) is 42.2. The van der Waals surface area contributed by atoms with Gasteiger partial charge in [-0.2, -0.15) is 9.29 Å². The standard InChI is InChI=1S/C48H81N3O15P2/c1-3-5-7-9-11-13-15-17-18-19-20-22-24-26-28-30-32-34-44(53)64-40(37-61-43(52)33-31-29-27-25-23-21-16-14-12-10-8-6-4-2)38-62-67(57,58)66-68(59,60)63-39-41-45(54)46(55)47(65-41)51-36-35-42(49)50-48(51)56/h11,13,17-18,20,22,26,28,35-36,40-41,45-47,54-55H,3-10,12,14-16,19,21,23-25,27,29-34,37-39H2,1-2H3,(H,57,58)(H,59,60)(H2,49,50,56)/b13-11-,18-17-,22-20-,28-26-/t40-,41-,45-,46-,47-/m1/s1. The number of aromatic nitrogens is 2. The predicted octanol–water partition coefficient (Wildman–Crippen LogP) is 9.78. The lowest BCUT2D eigenvalue weighted by Gasteiger charge is -2.21. The second-order valence-corrected chi connectivity index (χ2v) is 20.0. The summed E-state index contributed by atoms with van der Waals surface area (Å²) in [5.74, 6) is -1.36. The number of phosphoric ester groups is 2. The third kappa shape index (κ3) is 29.0. The molecule has 0 spiro atoms. The van der Waals surface area contributed by atoms with Crippen molar-refractivity contribution in [3.63, 3.8) is 0 Å². The molecule has 1 fully saturated rings. The Morgan fingerprint density at radius 2 is 1.21 bits per heavy atom. The van der Waals surface area contributed by atoms with E-state index in [1.807, 2.05) is 12.2 Å². The molecule has 20 heteroatoms. The lowest BCUT2D eigenvalue weighted by atomic mass is 10.0. The van der Waals surface area contributed by atoms with Crippen LogP contribution in [0.25, 0.3) is 0 Å². The first kappa shape index (κ1) is 60.8. The van der Waals surface area contributed by atoms with Crippen LogP contribution >= 0.6 is 15.6 Å². The molecule has 1 aliphatic rings. The van der Waals surface area contributed by atoms with Crippen LogP contribution < -0.4 is 11.4 Å². The zero-order valence-electron chi connectivity index (χ0n) is 40.4. The summed E-state index contributed by atoms with van der Waals surface area (Å²) in [4.78, 5) is 61.8. The molecule has 0 amide bonds. The average molecular weight is 1000 g/mol. The Labute approximate surface area is 403 Å². The van der Waals surface area contributed by atoms with Crippen molar-refractivity contribution < 1.29 is 66.3 Å². The first-order valence-corrected chi connectivity index (χ1v) is 27.6. The number of hydrogen-bond donors (Lipinski definition) is 5. The number of rotatable bonds is 40. The Kier molecular flexibility index (Phi) is 32.8. The number of carbonyl (C=O) groups is 2. The average Bonchev–Trinajstić information content (AvgIpc) is 3.57. The number of phosphoric acid groups is 2. The SMILES string of the molecule is CCCCC/C=C\C/C=C\C/C=C\C/C=C\CCCC(=O)O[C@H](COC(=O)CCCCCCCCCCCCCCC)COP(=O)(O)OP(=O)(O)OC[C@H]1O[C@@H](n2ccc(N)nc2=O)[C@H](O)[C@@H]1O. The number of hydrogen-bond acceptors (Lipinski definition) is 15. The summed E-state index contributed by atoms with van der Waals surface area (Å²) in [6, 6.07) is 1.24. The minimum atomic E-state index is -5.43. The van der Waals surface area contributed by atoms with Crippen molar-refractivity contribution in [2.24, 2.45) is 0 Å². The van der Waals surface area contributed by atoms with Gasteiger partial charge in [0, 0.05) is 19.0 Å². The van der Waals surface area contributed by atoms with Gasteiger partial charge in [-0.15, -0.1) is 0 Å². The van der Waals surface area contributed by atoms with Gasteiger partial charge in [0.05, 0.1) is 13.2 Å². The monoisotopic (exact) mass is 1000 g/mol. The van der Waals surface area contributed by atoms with Crippen LogP contribution in [-0.4, -0.2) is 85.7 Å². The topological polar surface area (TPSA) is 265 Å². The maximum absolute atomic E-state index is 12.8. The molecular formula is C48H81N3O15P2. The van der Waals surface area contributed by atoms with Crippen LogP contribution in [0.3, 0.4) is 0 Å². The van der Waals surface area contributed by atoms with Crippen LogP contribution in [0, 0.1) is 0 Å². The summed E-state index contributed by atoms with van der Waals surface area (Å²) in [6.07, 6.45) is 33.5. The highest BCUT2D eigenvalue weighted by Crippen LogP contribution is 2.60. The van der Waals surface area contributed by atoms with E-state index in [-0.39, 0.29) is 18.7 Å². The third-order valence-electron chi connectivity index (χ3n) is 10.9. The van der Waals surface area contributed by atoms with E-state index >= 15 is 0 Å². The predicted molar refractivity (Wildman–Crippen MR) is 261 cm³/mol. The smallest absolute Gasteiger partial charge is 0.462 e. The van der Waals surface area contributed by atoms with Gasteiger partial charge in [0.25, 0.3) is 0 Å². The summed E-state index contributed by atoms with van der Waals surface area (Å²) in [7, 11) is -10.9. The highest BCUT2D eigenvalue weighted by atomic mass is 31.3. The molecule has 2 rings (SSSR count). The van der Waals surface area contributed by atoms with Gasteiger partial charge in [0.2, 0.25) is 0 Å². The number of aliphatic hydroxyl groups excluding tert-OH is 2. The molecule has 2 unspecified atom stereocenters. The van der Waals surface area contributed by atoms with E-state index in [0.717, 1.165) is 62.1 Å². The largest absolute Gasteiger partial charge is 0.481 e. The third-order valence-corrected chi connectivity index (χ3v) is 13.5. The molecule has 1 aliphatic heterocycles.